The van der Waals surface area contributed by atoms with Gasteiger partial charge in [-0.2, -0.15) is 0 Å². The van der Waals surface area contributed by atoms with Crippen molar-refractivity contribution in [3.8, 4) is 0 Å². The highest BCUT2D eigenvalue weighted by atomic mass is 14.8. The third-order valence-electron chi connectivity index (χ3n) is 4.27. The third kappa shape index (κ3) is 4.34. The Bertz CT molecular complexity index is 416. The van der Waals surface area contributed by atoms with Gasteiger partial charge in [0.15, 0.2) is 0 Å². The number of benzene rings is 1. The second-order valence-electron chi connectivity index (χ2n) is 7.14. The van der Waals surface area contributed by atoms with E-state index in [1.165, 1.54) is 23.1 Å². The van der Waals surface area contributed by atoms with Crippen molar-refractivity contribution >= 4 is 0 Å². The quantitative estimate of drug-likeness (QED) is 0.673. The highest BCUT2D eigenvalue weighted by Crippen LogP contribution is 2.35. The van der Waals surface area contributed by atoms with Crippen molar-refractivity contribution in [2.75, 3.05) is 13.1 Å². The fraction of sp³-hybridized carbons (Fsp3) is 0.684. The van der Waals surface area contributed by atoms with E-state index < -0.39 is 0 Å². The maximum absolute atomic E-state index is 3.45. The van der Waals surface area contributed by atoms with E-state index in [1.807, 2.05) is 0 Å². The van der Waals surface area contributed by atoms with Crippen LogP contribution in [-0.4, -0.2) is 13.1 Å². The maximum Gasteiger partial charge on any atom is -0.00407 e. The van der Waals surface area contributed by atoms with Crippen LogP contribution in [0.2, 0.25) is 0 Å². The van der Waals surface area contributed by atoms with Crippen LogP contribution in [0.4, 0.5) is 0 Å². The van der Waals surface area contributed by atoms with E-state index in [-0.39, 0.29) is 5.41 Å². The molecular formula is C19H33N. The zero-order valence-corrected chi connectivity index (χ0v) is 14.5. The monoisotopic (exact) mass is 275 g/mol. The van der Waals surface area contributed by atoms with Gasteiger partial charge >= 0.3 is 0 Å². The molecule has 0 saturated heterocycles. The smallest absolute Gasteiger partial charge is 0.00407 e. The molecule has 0 bridgehead atoms. The van der Waals surface area contributed by atoms with Crippen molar-refractivity contribution in [3.63, 3.8) is 0 Å². The largest absolute Gasteiger partial charge is 0.317 e. The fourth-order valence-corrected chi connectivity index (χ4v) is 2.75. The molecule has 0 unspecified atom stereocenters. The highest BCUT2D eigenvalue weighted by molar-refractivity contribution is 5.39. The van der Waals surface area contributed by atoms with Crippen molar-refractivity contribution in [1.29, 1.82) is 0 Å². The second-order valence-corrected chi connectivity index (χ2v) is 7.14. The maximum atomic E-state index is 3.45. The van der Waals surface area contributed by atoms with Crippen molar-refractivity contribution in [1.82, 2.24) is 5.32 Å². The minimum Gasteiger partial charge on any atom is -0.317 e. The SMILES string of the molecule is CCNCCC(C)(C)c1ccc(C(C)C)cc1C(C)C. The predicted octanol–water partition coefficient (Wildman–Crippen LogP) is 5.21. The van der Waals surface area contributed by atoms with E-state index >= 15 is 0 Å². The zero-order valence-electron chi connectivity index (χ0n) is 14.5. The summed E-state index contributed by atoms with van der Waals surface area (Å²) in [6.07, 6.45) is 1.18. The molecule has 0 aliphatic carbocycles. The predicted molar refractivity (Wildman–Crippen MR) is 90.8 cm³/mol. The van der Waals surface area contributed by atoms with E-state index in [4.69, 9.17) is 0 Å². The van der Waals surface area contributed by atoms with Gasteiger partial charge in [0.2, 0.25) is 0 Å². The molecular weight excluding hydrogens is 242 g/mol. The lowest BCUT2D eigenvalue weighted by atomic mass is 9.76. The van der Waals surface area contributed by atoms with E-state index in [2.05, 4.69) is 72.0 Å². The third-order valence-corrected chi connectivity index (χ3v) is 4.27. The van der Waals surface area contributed by atoms with Crippen LogP contribution in [0.25, 0.3) is 0 Å². The van der Waals surface area contributed by atoms with Crippen molar-refractivity contribution in [2.45, 2.75) is 72.1 Å². The summed E-state index contributed by atoms with van der Waals surface area (Å²) in [5.41, 5.74) is 4.74. The molecule has 0 atom stereocenters. The summed E-state index contributed by atoms with van der Waals surface area (Å²) in [7, 11) is 0. The molecule has 1 rings (SSSR count). The highest BCUT2D eigenvalue weighted by Gasteiger charge is 2.24. The Morgan fingerprint density at radius 1 is 1.05 bits per heavy atom. The summed E-state index contributed by atoms with van der Waals surface area (Å²) in [5.74, 6) is 1.19. The molecule has 1 heteroatoms. The molecule has 0 fully saturated rings. The van der Waals surface area contributed by atoms with Gasteiger partial charge in [-0.05, 0) is 53.5 Å². The Labute approximate surface area is 126 Å². The Balaban J connectivity index is 3.09. The Kier molecular flexibility index (Phi) is 6.26. The van der Waals surface area contributed by atoms with E-state index in [0.717, 1.165) is 13.1 Å². The molecule has 1 nitrogen and oxygen atoms in total. The second kappa shape index (κ2) is 7.26. The number of nitrogens with one attached hydrogen (secondary N) is 1. The first kappa shape index (κ1) is 17.2. The minimum absolute atomic E-state index is 0.233. The molecule has 0 aliphatic heterocycles. The molecule has 1 N–H and O–H groups in total. The van der Waals surface area contributed by atoms with Crippen LogP contribution in [0.15, 0.2) is 18.2 Å². The molecule has 0 amide bonds. The van der Waals surface area contributed by atoms with Gasteiger partial charge in [0.25, 0.3) is 0 Å². The summed E-state index contributed by atoms with van der Waals surface area (Å²) in [6.45, 7) is 18.2. The van der Waals surface area contributed by atoms with Gasteiger partial charge < -0.3 is 5.32 Å². The van der Waals surface area contributed by atoms with Crippen LogP contribution in [0.1, 0.15) is 83.4 Å². The van der Waals surface area contributed by atoms with Crippen LogP contribution >= 0.6 is 0 Å². The number of hydrogen-bond donors (Lipinski definition) is 1. The lowest BCUT2D eigenvalue weighted by molar-refractivity contribution is 0.455. The standard InChI is InChI=1S/C19H33N/c1-8-20-12-11-19(6,7)18-10-9-16(14(2)3)13-17(18)15(4)5/h9-10,13-15,20H,8,11-12H2,1-7H3. The van der Waals surface area contributed by atoms with Crippen LogP contribution in [0.5, 0.6) is 0 Å². The Hall–Kier alpha value is -0.820. The summed E-state index contributed by atoms with van der Waals surface area (Å²) in [5, 5.41) is 3.45. The molecule has 0 heterocycles. The Morgan fingerprint density at radius 2 is 1.70 bits per heavy atom. The van der Waals surface area contributed by atoms with Crippen LogP contribution < -0.4 is 5.32 Å². The van der Waals surface area contributed by atoms with E-state index in [0.29, 0.717) is 11.8 Å². The molecule has 0 saturated carbocycles. The minimum atomic E-state index is 0.233. The fourth-order valence-electron chi connectivity index (χ4n) is 2.75. The van der Waals surface area contributed by atoms with Gasteiger partial charge in [0, 0.05) is 0 Å². The summed E-state index contributed by atoms with van der Waals surface area (Å²) < 4.78 is 0. The molecule has 1 aromatic rings. The average Bonchev–Trinajstić information content (AvgIpc) is 2.38. The molecule has 1 aromatic carbocycles. The molecule has 20 heavy (non-hydrogen) atoms. The average molecular weight is 275 g/mol. The summed E-state index contributed by atoms with van der Waals surface area (Å²) in [4.78, 5) is 0. The van der Waals surface area contributed by atoms with Crippen LogP contribution in [0, 0.1) is 0 Å². The first-order valence-electron chi connectivity index (χ1n) is 8.14. The number of hydrogen-bond acceptors (Lipinski definition) is 1. The number of rotatable bonds is 7. The zero-order chi connectivity index (χ0) is 15.3. The van der Waals surface area contributed by atoms with Crippen molar-refractivity contribution in [3.05, 3.63) is 34.9 Å². The molecule has 0 aromatic heterocycles. The molecule has 0 aliphatic rings. The normalized spacial score (nSPS) is 12.4. The topological polar surface area (TPSA) is 12.0 Å². The van der Waals surface area contributed by atoms with E-state index in [9.17, 15) is 0 Å². The van der Waals surface area contributed by atoms with Crippen molar-refractivity contribution in [2.24, 2.45) is 0 Å². The van der Waals surface area contributed by atoms with Gasteiger partial charge in [0.05, 0.1) is 0 Å². The first-order chi connectivity index (χ1) is 9.29. The summed E-state index contributed by atoms with van der Waals surface area (Å²) in [6, 6.07) is 7.12. The lowest BCUT2D eigenvalue weighted by Gasteiger charge is -2.30. The van der Waals surface area contributed by atoms with Gasteiger partial charge in [-0.3, -0.25) is 0 Å². The van der Waals surface area contributed by atoms with Crippen LogP contribution in [-0.2, 0) is 5.41 Å². The Morgan fingerprint density at radius 3 is 2.20 bits per heavy atom. The lowest BCUT2D eigenvalue weighted by Crippen LogP contribution is -2.26. The van der Waals surface area contributed by atoms with Crippen molar-refractivity contribution < 1.29 is 0 Å². The van der Waals surface area contributed by atoms with E-state index in [1.54, 1.807) is 0 Å². The molecule has 0 radical (unpaired) electrons. The molecule has 114 valence electrons. The van der Waals surface area contributed by atoms with Gasteiger partial charge in [-0.1, -0.05) is 66.7 Å². The van der Waals surface area contributed by atoms with Gasteiger partial charge in [0.1, 0.15) is 0 Å². The van der Waals surface area contributed by atoms with Crippen LogP contribution in [0.3, 0.4) is 0 Å². The van der Waals surface area contributed by atoms with Gasteiger partial charge in [-0.15, -0.1) is 0 Å². The summed E-state index contributed by atoms with van der Waals surface area (Å²) >= 11 is 0. The first-order valence-corrected chi connectivity index (χ1v) is 8.14. The van der Waals surface area contributed by atoms with Gasteiger partial charge in [-0.25, -0.2) is 0 Å². The molecule has 0 spiro atoms.